The van der Waals surface area contributed by atoms with Crippen LogP contribution < -0.4 is 25.0 Å². The summed E-state index contributed by atoms with van der Waals surface area (Å²) in [6.07, 6.45) is 13.9. The molecule has 4 aliphatic rings. The molecule has 4 heterocycles. The Morgan fingerprint density at radius 2 is 1.10 bits per heavy atom. The van der Waals surface area contributed by atoms with Gasteiger partial charge in [-0.15, -0.1) is 0 Å². The van der Waals surface area contributed by atoms with Gasteiger partial charge in [-0.3, -0.25) is 4.79 Å². The van der Waals surface area contributed by atoms with Crippen molar-refractivity contribution in [2.75, 3.05) is 50.1 Å². The maximum atomic E-state index is 11.9. The van der Waals surface area contributed by atoms with Gasteiger partial charge < -0.3 is 29.9 Å². The van der Waals surface area contributed by atoms with Gasteiger partial charge in [0.2, 0.25) is 17.8 Å². The van der Waals surface area contributed by atoms with Gasteiger partial charge in [-0.2, -0.15) is 0 Å². The lowest BCUT2D eigenvalue weighted by Gasteiger charge is -2.38. The third-order valence-electron chi connectivity index (χ3n) is 10.1. The number of hydrogen-bond acceptors (Lipinski definition) is 10. The molecule has 0 spiro atoms. The van der Waals surface area contributed by atoms with E-state index in [0.29, 0.717) is 18.3 Å². The molecule has 1 amide bonds. The van der Waals surface area contributed by atoms with Crippen LogP contribution in [0.3, 0.4) is 0 Å². The van der Waals surface area contributed by atoms with Gasteiger partial charge in [0, 0.05) is 51.3 Å². The second-order valence-corrected chi connectivity index (χ2v) is 14.8. The first kappa shape index (κ1) is 34.7. The van der Waals surface area contributed by atoms with Crippen LogP contribution in [0.15, 0.2) is 73.3 Å². The van der Waals surface area contributed by atoms with Crippen molar-refractivity contribution in [2.24, 2.45) is 5.73 Å². The number of aromatic nitrogens is 4. The number of carbonyl (C=O) groups is 1. The zero-order chi connectivity index (χ0) is 35.5. The quantitative estimate of drug-likeness (QED) is 0.194. The number of carbonyl (C=O) groups excluding carboxylic acids is 1. The summed E-state index contributed by atoms with van der Waals surface area (Å²) in [5.41, 5.74) is 10.7. The molecule has 11 heteroatoms. The number of benzene rings is 2. The van der Waals surface area contributed by atoms with Crippen LogP contribution in [0.5, 0.6) is 11.5 Å². The predicted molar refractivity (Wildman–Crippen MR) is 198 cm³/mol. The van der Waals surface area contributed by atoms with E-state index in [-0.39, 0.29) is 30.1 Å². The molecule has 2 aromatic carbocycles. The SMILES string of the molecule is C[C@H](CC(=O)N(C)C)c1ccc(OC2CN(c3ncc(C4CC4)cn3)C2)cc1.C[C@H](N)c1ccc(OC2CN(c3ncc(C4CC4)cn3)C2)cc1. The van der Waals surface area contributed by atoms with E-state index in [1.807, 2.05) is 68.1 Å². The summed E-state index contributed by atoms with van der Waals surface area (Å²) < 4.78 is 12.0. The molecule has 2 aromatic heterocycles. The molecule has 2 aliphatic heterocycles. The third-order valence-corrected chi connectivity index (χ3v) is 10.1. The molecule has 268 valence electrons. The van der Waals surface area contributed by atoms with E-state index in [1.54, 1.807) is 19.0 Å². The highest BCUT2D eigenvalue weighted by Crippen LogP contribution is 2.40. The van der Waals surface area contributed by atoms with Crippen molar-refractivity contribution in [3.05, 3.63) is 95.6 Å². The highest BCUT2D eigenvalue weighted by atomic mass is 16.5. The molecule has 2 atom stereocenters. The standard InChI is InChI=1S/C22H28N4O2.C18H22N4O/c1-15(10-21(27)25(2)3)16-6-8-19(9-7-16)28-20-13-26(14-20)22-23-11-18(12-24-22)17-4-5-17;1-12(19)13-4-6-16(7-5-13)23-17-10-22(11-17)18-20-8-15(9-21-18)14-2-3-14/h6-9,11-12,15,17,20H,4-5,10,13-14H2,1-3H3;4-9,12,14,17H,2-3,10-11,19H2,1H3/t15-;12-/m10/s1. The van der Waals surface area contributed by atoms with Crippen molar-refractivity contribution in [2.45, 2.75) is 82.0 Å². The Morgan fingerprint density at radius 3 is 1.45 bits per heavy atom. The minimum absolute atomic E-state index is 0.0546. The number of amides is 1. The lowest BCUT2D eigenvalue weighted by molar-refractivity contribution is -0.129. The topological polar surface area (TPSA) is 123 Å². The Labute approximate surface area is 301 Å². The number of ether oxygens (including phenoxy) is 2. The summed E-state index contributed by atoms with van der Waals surface area (Å²) in [6, 6.07) is 16.2. The van der Waals surface area contributed by atoms with Crippen molar-refractivity contribution in [3.63, 3.8) is 0 Å². The van der Waals surface area contributed by atoms with Crippen LogP contribution >= 0.6 is 0 Å². The largest absolute Gasteiger partial charge is 0.487 e. The summed E-state index contributed by atoms with van der Waals surface area (Å²) in [7, 11) is 3.58. The second-order valence-electron chi connectivity index (χ2n) is 14.8. The molecule has 2 N–H and O–H groups in total. The first-order valence-corrected chi connectivity index (χ1v) is 18.3. The fourth-order valence-electron chi connectivity index (χ4n) is 6.27. The second kappa shape index (κ2) is 15.2. The van der Waals surface area contributed by atoms with Crippen molar-refractivity contribution < 1.29 is 14.3 Å². The molecule has 11 nitrogen and oxygen atoms in total. The van der Waals surface area contributed by atoms with E-state index < -0.39 is 0 Å². The van der Waals surface area contributed by atoms with E-state index in [4.69, 9.17) is 15.2 Å². The van der Waals surface area contributed by atoms with E-state index >= 15 is 0 Å². The maximum absolute atomic E-state index is 11.9. The molecular formula is C40H50N8O3. The molecule has 2 saturated heterocycles. The molecule has 4 fully saturated rings. The fraction of sp³-hybridized carbons (Fsp3) is 0.475. The third kappa shape index (κ3) is 8.94. The van der Waals surface area contributed by atoms with Crippen LogP contribution in [0, 0.1) is 0 Å². The van der Waals surface area contributed by atoms with Crippen LogP contribution in [0.25, 0.3) is 0 Å². The van der Waals surface area contributed by atoms with E-state index in [0.717, 1.165) is 60.7 Å². The molecule has 2 aliphatic carbocycles. The lowest BCUT2D eigenvalue weighted by atomic mass is 9.97. The number of hydrogen-bond donors (Lipinski definition) is 1. The van der Waals surface area contributed by atoms with E-state index in [1.165, 1.54) is 36.8 Å². The van der Waals surface area contributed by atoms with Gasteiger partial charge >= 0.3 is 0 Å². The molecule has 4 aromatic rings. The number of anilines is 2. The summed E-state index contributed by atoms with van der Waals surface area (Å²) >= 11 is 0. The van der Waals surface area contributed by atoms with E-state index in [9.17, 15) is 4.79 Å². The van der Waals surface area contributed by atoms with Gasteiger partial charge in [-0.1, -0.05) is 31.2 Å². The van der Waals surface area contributed by atoms with Crippen LogP contribution in [-0.2, 0) is 4.79 Å². The first-order chi connectivity index (χ1) is 24.7. The van der Waals surface area contributed by atoms with Crippen molar-refractivity contribution in [3.8, 4) is 11.5 Å². The fourth-order valence-corrected chi connectivity index (χ4v) is 6.27. The van der Waals surface area contributed by atoms with Crippen LogP contribution in [0.2, 0.25) is 0 Å². The molecule has 2 saturated carbocycles. The Bertz CT molecular complexity index is 1730. The minimum atomic E-state index is 0.0546. The number of nitrogens with zero attached hydrogens (tertiary/aromatic N) is 7. The van der Waals surface area contributed by atoms with Crippen molar-refractivity contribution >= 4 is 17.8 Å². The molecule has 0 bridgehead atoms. The van der Waals surface area contributed by atoms with Gasteiger partial charge in [0.1, 0.15) is 23.7 Å². The predicted octanol–water partition coefficient (Wildman–Crippen LogP) is 5.84. The minimum Gasteiger partial charge on any atom is -0.487 e. The summed E-state index contributed by atoms with van der Waals surface area (Å²) in [6.45, 7) is 7.33. The normalized spacial score (nSPS) is 18.5. The molecule has 8 rings (SSSR count). The van der Waals surface area contributed by atoms with Gasteiger partial charge in [0.05, 0.1) is 26.2 Å². The van der Waals surface area contributed by atoms with Gasteiger partial charge in [0.15, 0.2) is 0 Å². The Hall–Kier alpha value is -4.77. The molecule has 0 unspecified atom stereocenters. The average molecular weight is 691 g/mol. The molecular weight excluding hydrogens is 640 g/mol. The summed E-state index contributed by atoms with van der Waals surface area (Å²) in [5, 5.41) is 0. The first-order valence-electron chi connectivity index (χ1n) is 18.3. The van der Waals surface area contributed by atoms with Crippen molar-refractivity contribution in [1.29, 1.82) is 0 Å². The number of nitrogens with two attached hydrogens (primary N) is 1. The van der Waals surface area contributed by atoms with Gasteiger partial charge in [-0.25, -0.2) is 19.9 Å². The highest BCUT2D eigenvalue weighted by molar-refractivity contribution is 5.76. The van der Waals surface area contributed by atoms with Gasteiger partial charge in [0.25, 0.3) is 0 Å². The average Bonchev–Trinajstić information content (AvgIpc) is 4.03. The lowest BCUT2D eigenvalue weighted by Crippen LogP contribution is -2.54. The summed E-state index contributed by atoms with van der Waals surface area (Å²) in [5.74, 6) is 5.09. The number of rotatable bonds is 12. The van der Waals surface area contributed by atoms with Gasteiger partial charge in [-0.05, 0) is 96.9 Å². The molecule has 51 heavy (non-hydrogen) atoms. The van der Waals surface area contributed by atoms with Crippen molar-refractivity contribution in [1.82, 2.24) is 24.8 Å². The highest BCUT2D eigenvalue weighted by Gasteiger charge is 2.32. The Balaban J connectivity index is 0.000000162. The van der Waals surface area contributed by atoms with E-state index in [2.05, 4.69) is 48.8 Å². The monoisotopic (exact) mass is 690 g/mol. The Morgan fingerprint density at radius 1 is 0.706 bits per heavy atom. The smallest absolute Gasteiger partial charge is 0.225 e. The zero-order valence-electron chi connectivity index (χ0n) is 30.2. The van der Waals surface area contributed by atoms with Crippen LogP contribution in [-0.4, -0.2) is 83.2 Å². The van der Waals surface area contributed by atoms with Crippen LogP contribution in [0.1, 0.15) is 92.0 Å². The maximum Gasteiger partial charge on any atom is 0.225 e. The van der Waals surface area contributed by atoms with Crippen LogP contribution in [0.4, 0.5) is 11.9 Å². The zero-order valence-corrected chi connectivity index (χ0v) is 30.2. The summed E-state index contributed by atoms with van der Waals surface area (Å²) in [4.78, 5) is 35.8. The molecule has 0 radical (unpaired) electrons. The Kier molecular flexibility index (Phi) is 10.4.